The maximum absolute atomic E-state index is 14.5. The molecule has 0 spiro atoms. The number of pyridine rings is 1. The lowest BCUT2D eigenvalue weighted by Gasteiger charge is -2.23. The number of hydrogen-bond acceptors (Lipinski definition) is 7. The van der Waals surface area contributed by atoms with Crippen LogP contribution in [-0.4, -0.2) is 37.4 Å². The van der Waals surface area contributed by atoms with Crippen molar-refractivity contribution in [3.05, 3.63) is 86.6 Å². The van der Waals surface area contributed by atoms with Gasteiger partial charge in [0.25, 0.3) is 11.7 Å². The number of aromatic nitrogens is 1. The number of rotatable bonds is 11. The molecule has 1 aliphatic carbocycles. The van der Waals surface area contributed by atoms with Crippen molar-refractivity contribution >= 4 is 46.5 Å². The van der Waals surface area contributed by atoms with Gasteiger partial charge in [0.2, 0.25) is 0 Å². The Morgan fingerprint density at radius 1 is 1.10 bits per heavy atom. The number of para-hydroxylation sites is 1. The molecular formula is C28H21Cl2F3N2O7. The van der Waals surface area contributed by atoms with E-state index in [1.807, 2.05) is 0 Å². The van der Waals surface area contributed by atoms with Gasteiger partial charge in [-0.05, 0) is 48.6 Å². The number of Topliss-reactive ketones (excluding diaryl/α,β-unsaturated/α-hetero) is 1. The van der Waals surface area contributed by atoms with Gasteiger partial charge in [-0.15, -0.1) is 0 Å². The molecule has 1 saturated carbocycles. The molecule has 1 aliphatic heterocycles. The third-order valence-corrected chi connectivity index (χ3v) is 7.33. The topological polar surface area (TPSA) is 109 Å². The van der Waals surface area contributed by atoms with Gasteiger partial charge < -0.3 is 19.4 Å². The molecule has 1 atom stereocenters. The van der Waals surface area contributed by atoms with Crippen LogP contribution in [0.3, 0.4) is 0 Å². The Kier molecular flexibility index (Phi) is 8.46. The number of carbonyl (C=O) groups is 3. The minimum Gasteiger partial charge on any atom is -0.619 e. The van der Waals surface area contributed by atoms with Crippen molar-refractivity contribution < 1.29 is 46.5 Å². The molecule has 1 aromatic heterocycles. The summed E-state index contributed by atoms with van der Waals surface area (Å²) in [5, 5.41) is 11.7. The van der Waals surface area contributed by atoms with Crippen molar-refractivity contribution in [3.8, 4) is 11.5 Å². The number of amides is 1. The summed E-state index contributed by atoms with van der Waals surface area (Å²) in [5.41, 5.74) is -0.0674. The number of hydrogen-bond donors (Lipinski definition) is 0. The van der Waals surface area contributed by atoms with Crippen LogP contribution in [0.15, 0.2) is 48.8 Å². The Labute approximate surface area is 246 Å². The van der Waals surface area contributed by atoms with Gasteiger partial charge in [-0.3, -0.25) is 19.3 Å². The van der Waals surface area contributed by atoms with Gasteiger partial charge in [0.05, 0.1) is 17.9 Å². The van der Waals surface area contributed by atoms with Crippen LogP contribution in [0.1, 0.15) is 40.4 Å². The summed E-state index contributed by atoms with van der Waals surface area (Å²) in [5.74, 6) is -4.00. The van der Waals surface area contributed by atoms with Crippen LogP contribution in [0, 0.1) is 16.9 Å². The van der Waals surface area contributed by atoms with Crippen LogP contribution < -0.4 is 19.1 Å². The molecular weight excluding hydrogens is 604 g/mol. The maximum Gasteiger partial charge on any atom is 0.387 e. The summed E-state index contributed by atoms with van der Waals surface area (Å²) in [6, 6.07) is 7.51. The standard InChI is InChI=1S/C28H21Cl2F3N2O7/c29-18-10-34(39)11-19(30)17(18)9-22(15-6-7-21(42-28(32)33)23(8-15)40-13-14-4-5-14)41-24(36)12-35-25-16(26(37)27(35)38)2-1-3-20(25)31/h1-3,6-8,10-11,14,22,28H,4-5,9,12-13H2/t22-/m0/s1. The summed E-state index contributed by atoms with van der Waals surface area (Å²) >= 11 is 12.5. The monoisotopic (exact) mass is 624 g/mol. The smallest absolute Gasteiger partial charge is 0.387 e. The van der Waals surface area contributed by atoms with E-state index in [-0.39, 0.29) is 62.9 Å². The molecule has 42 heavy (non-hydrogen) atoms. The average molecular weight is 625 g/mol. The highest BCUT2D eigenvalue weighted by atomic mass is 35.5. The zero-order valence-corrected chi connectivity index (χ0v) is 23.0. The Balaban J connectivity index is 1.46. The molecule has 2 aliphatic rings. The van der Waals surface area contributed by atoms with Crippen LogP contribution in [0.4, 0.5) is 18.9 Å². The predicted octanol–water partition coefficient (Wildman–Crippen LogP) is 5.21. The van der Waals surface area contributed by atoms with Crippen molar-refractivity contribution in [2.75, 3.05) is 18.1 Å². The molecule has 1 amide bonds. The Morgan fingerprint density at radius 3 is 2.48 bits per heavy atom. The summed E-state index contributed by atoms with van der Waals surface area (Å²) in [6.45, 7) is -3.69. The Bertz CT molecular complexity index is 1550. The molecule has 0 radical (unpaired) electrons. The molecule has 14 heteroatoms. The van der Waals surface area contributed by atoms with Crippen molar-refractivity contribution in [1.82, 2.24) is 0 Å². The average Bonchev–Trinajstić information content (AvgIpc) is 3.72. The van der Waals surface area contributed by atoms with Crippen LogP contribution in [0.25, 0.3) is 0 Å². The first-order valence-corrected chi connectivity index (χ1v) is 13.4. The highest BCUT2D eigenvalue weighted by molar-refractivity contribution is 6.52. The first kappa shape index (κ1) is 29.5. The van der Waals surface area contributed by atoms with Gasteiger partial charge in [-0.1, -0.05) is 35.3 Å². The number of esters is 1. The van der Waals surface area contributed by atoms with Gasteiger partial charge >= 0.3 is 12.6 Å². The molecule has 2 heterocycles. The van der Waals surface area contributed by atoms with Crippen molar-refractivity contribution in [3.63, 3.8) is 0 Å². The number of benzene rings is 2. The molecule has 0 unspecified atom stereocenters. The normalized spacial score (nSPS) is 15.1. The van der Waals surface area contributed by atoms with Crippen LogP contribution in [0.5, 0.6) is 11.5 Å². The van der Waals surface area contributed by atoms with Gasteiger partial charge in [-0.2, -0.15) is 13.5 Å². The second-order valence-electron chi connectivity index (χ2n) is 9.67. The molecule has 5 rings (SSSR count). The molecule has 3 aromatic rings. The second kappa shape index (κ2) is 12.1. The number of fused-ring (bicyclic) bond motifs is 1. The third-order valence-electron chi connectivity index (χ3n) is 6.68. The number of carbonyl (C=O) groups excluding carboxylic acids is 3. The molecule has 220 valence electrons. The lowest BCUT2D eigenvalue weighted by atomic mass is 10.0. The summed E-state index contributed by atoms with van der Waals surface area (Å²) in [6.07, 6.45) is 2.53. The first-order valence-electron chi connectivity index (χ1n) is 12.6. The van der Waals surface area contributed by atoms with E-state index in [1.54, 1.807) is 0 Å². The number of ketones is 1. The van der Waals surface area contributed by atoms with E-state index < -0.39 is 42.7 Å². The van der Waals surface area contributed by atoms with Gasteiger partial charge in [-0.25, -0.2) is 4.39 Å². The van der Waals surface area contributed by atoms with E-state index in [0.717, 1.165) is 31.3 Å². The van der Waals surface area contributed by atoms with E-state index in [2.05, 4.69) is 4.74 Å². The quantitative estimate of drug-likeness (QED) is 0.125. The van der Waals surface area contributed by atoms with Crippen molar-refractivity contribution in [2.24, 2.45) is 5.92 Å². The number of anilines is 1. The Morgan fingerprint density at radius 2 is 1.81 bits per heavy atom. The highest BCUT2D eigenvalue weighted by Gasteiger charge is 2.39. The number of ether oxygens (including phenoxy) is 3. The number of nitrogens with zero attached hydrogens (tertiary/aromatic N) is 2. The second-order valence-corrected chi connectivity index (χ2v) is 10.5. The molecule has 0 bridgehead atoms. The van der Waals surface area contributed by atoms with E-state index in [9.17, 15) is 32.8 Å². The third kappa shape index (κ3) is 6.39. The zero-order valence-electron chi connectivity index (χ0n) is 21.5. The van der Waals surface area contributed by atoms with Crippen LogP contribution >= 0.6 is 23.2 Å². The zero-order chi connectivity index (χ0) is 30.1. The SMILES string of the molecule is O=C(CN1C(=O)C(=O)c2cccc(F)c21)O[C@@H](Cc1c(Cl)c[n+]([O-])cc1Cl)c1ccc(OC(F)F)c(OCC2CC2)c1. The van der Waals surface area contributed by atoms with E-state index >= 15 is 0 Å². The van der Waals surface area contributed by atoms with E-state index in [1.165, 1.54) is 30.3 Å². The summed E-state index contributed by atoms with van der Waals surface area (Å²) in [4.78, 5) is 38.8. The lowest BCUT2D eigenvalue weighted by molar-refractivity contribution is -0.605. The summed E-state index contributed by atoms with van der Waals surface area (Å²) in [7, 11) is 0. The Hall–Kier alpha value is -4.03. The molecule has 2 aromatic carbocycles. The predicted molar refractivity (Wildman–Crippen MR) is 142 cm³/mol. The minimum atomic E-state index is -3.13. The maximum atomic E-state index is 14.5. The van der Waals surface area contributed by atoms with Crippen molar-refractivity contribution in [2.45, 2.75) is 32.0 Å². The van der Waals surface area contributed by atoms with E-state index in [4.69, 9.17) is 32.7 Å². The number of halogens is 5. The lowest BCUT2D eigenvalue weighted by Crippen LogP contribution is -2.36. The summed E-state index contributed by atoms with van der Waals surface area (Å²) < 4.78 is 57.0. The molecule has 0 N–H and O–H groups in total. The molecule has 9 nitrogen and oxygen atoms in total. The van der Waals surface area contributed by atoms with Gasteiger partial charge in [0.15, 0.2) is 23.9 Å². The van der Waals surface area contributed by atoms with Crippen LogP contribution in [-0.2, 0) is 20.7 Å². The molecule has 0 saturated heterocycles. The fourth-order valence-electron chi connectivity index (χ4n) is 4.45. The molecule has 1 fully saturated rings. The van der Waals surface area contributed by atoms with Crippen LogP contribution in [0.2, 0.25) is 10.0 Å². The fourth-order valence-corrected chi connectivity index (χ4v) is 5.05. The minimum absolute atomic E-state index is 0.0280. The highest BCUT2D eigenvalue weighted by Crippen LogP contribution is 2.38. The van der Waals surface area contributed by atoms with Gasteiger partial charge in [0.1, 0.15) is 28.5 Å². The number of alkyl halides is 2. The van der Waals surface area contributed by atoms with Crippen molar-refractivity contribution in [1.29, 1.82) is 0 Å². The first-order chi connectivity index (χ1) is 20.0. The van der Waals surface area contributed by atoms with E-state index in [0.29, 0.717) is 9.63 Å². The van der Waals surface area contributed by atoms with Gasteiger partial charge in [0, 0.05) is 12.0 Å². The largest absolute Gasteiger partial charge is 0.619 e. The fraction of sp³-hybridized carbons (Fsp3) is 0.286.